The van der Waals surface area contributed by atoms with Gasteiger partial charge in [-0.3, -0.25) is 0 Å². The number of aryl methyl sites for hydroxylation is 1. The smallest absolute Gasteiger partial charge is 0.120 e. The van der Waals surface area contributed by atoms with E-state index in [0.717, 1.165) is 24.2 Å². The fraction of sp³-hybridized carbons (Fsp3) is 0.278. The molecular weight excluding hydrogens is 260 g/mol. The summed E-state index contributed by atoms with van der Waals surface area (Å²) in [6.07, 6.45) is 2.26. The Kier molecular flexibility index (Phi) is 3.89. The van der Waals surface area contributed by atoms with Crippen molar-refractivity contribution in [2.45, 2.75) is 25.5 Å². The minimum atomic E-state index is 0.479. The molecule has 0 heterocycles. The molecule has 1 N–H and O–H groups in total. The van der Waals surface area contributed by atoms with E-state index in [9.17, 15) is 0 Å². The van der Waals surface area contributed by atoms with E-state index >= 15 is 0 Å². The molecule has 0 saturated carbocycles. The Labute approximate surface area is 125 Å². The Hall–Kier alpha value is -2.31. The van der Waals surface area contributed by atoms with Gasteiger partial charge in [-0.25, -0.2) is 0 Å². The molecule has 1 aliphatic carbocycles. The minimum absolute atomic E-state index is 0.479. The average Bonchev–Trinajstić information content (AvgIpc) is 2.95. The largest absolute Gasteiger partial charge is 0.489 e. The fourth-order valence-electron chi connectivity index (χ4n) is 2.83. The monoisotopic (exact) mass is 278 g/mol. The first-order chi connectivity index (χ1) is 10.3. The van der Waals surface area contributed by atoms with Crippen LogP contribution in [0.25, 0.3) is 0 Å². The quantitative estimate of drug-likeness (QED) is 0.933. The second-order valence-corrected chi connectivity index (χ2v) is 5.34. The Bertz CT molecular complexity index is 671. The van der Waals surface area contributed by atoms with Crippen molar-refractivity contribution in [2.75, 3.05) is 7.05 Å². The van der Waals surface area contributed by atoms with Crippen LogP contribution in [-0.2, 0) is 13.0 Å². The number of benzene rings is 2. The third-order valence-corrected chi connectivity index (χ3v) is 4.03. The van der Waals surface area contributed by atoms with Crippen molar-refractivity contribution in [2.24, 2.45) is 0 Å². The van der Waals surface area contributed by atoms with E-state index in [0.29, 0.717) is 18.2 Å². The van der Waals surface area contributed by atoms with Gasteiger partial charge in [-0.1, -0.05) is 18.2 Å². The second kappa shape index (κ2) is 5.99. The van der Waals surface area contributed by atoms with Crippen molar-refractivity contribution in [3.8, 4) is 11.8 Å². The van der Waals surface area contributed by atoms with Crippen LogP contribution in [0, 0.1) is 11.3 Å². The van der Waals surface area contributed by atoms with Crippen LogP contribution < -0.4 is 10.1 Å². The van der Waals surface area contributed by atoms with Crippen LogP contribution in [0.3, 0.4) is 0 Å². The predicted octanol–water partition coefficient (Wildman–Crippen LogP) is 3.34. The number of rotatable bonds is 4. The molecule has 2 aromatic rings. The van der Waals surface area contributed by atoms with Crippen LogP contribution in [0.4, 0.5) is 0 Å². The lowest BCUT2D eigenvalue weighted by Crippen LogP contribution is -2.12. The van der Waals surface area contributed by atoms with E-state index in [-0.39, 0.29) is 0 Å². The maximum absolute atomic E-state index is 8.78. The number of nitriles is 1. The Morgan fingerprint density at radius 1 is 1.24 bits per heavy atom. The fourth-order valence-corrected chi connectivity index (χ4v) is 2.83. The maximum Gasteiger partial charge on any atom is 0.120 e. The Morgan fingerprint density at radius 3 is 2.76 bits per heavy atom. The number of hydrogen-bond donors (Lipinski definition) is 1. The molecule has 3 nitrogen and oxygen atoms in total. The van der Waals surface area contributed by atoms with Gasteiger partial charge in [-0.05, 0) is 60.8 Å². The lowest BCUT2D eigenvalue weighted by molar-refractivity contribution is 0.306. The molecule has 0 saturated heterocycles. The van der Waals surface area contributed by atoms with Gasteiger partial charge < -0.3 is 10.1 Å². The molecule has 0 radical (unpaired) electrons. The first-order valence-corrected chi connectivity index (χ1v) is 7.22. The Balaban J connectivity index is 1.67. The van der Waals surface area contributed by atoms with Crippen molar-refractivity contribution in [1.29, 1.82) is 5.26 Å². The summed E-state index contributed by atoms with van der Waals surface area (Å²) in [6.45, 7) is 0.528. The van der Waals surface area contributed by atoms with Gasteiger partial charge in [0.05, 0.1) is 11.6 Å². The molecule has 3 rings (SSSR count). The molecule has 0 fully saturated rings. The van der Waals surface area contributed by atoms with Gasteiger partial charge in [0.2, 0.25) is 0 Å². The number of hydrogen-bond acceptors (Lipinski definition) is 3. The predicted molar refractivity (Wildman–Crippen MR) is 82.1 cm³/mol. The first-order valence-electron chi connectivity index (χ1n) is 7.22. The average molecular weight is 278 g/mol. The number of nitrogens with one attached hydrogen (secondary N) is 1. The van der Waals surface area contributed by atoms with Gasteiger partial charge in [-0.15, -0.1) is 0 Å². The topological polar surface area (TPSA) is 45.0 Å². The van der Waals surface area contributed by atoms with Crippen molar-refractivity contribution in [3.63, 3.8) is 0 Å². The highest BCUT2D eigenvalue weighted by Gasteiger charge is 2.20. The molecule has 3 heteroatoms. The van der Waals surface area contributed by atoms with Gasteiger partial charge in [0, 0.05) is 6.04 Å². The van der Waals surface area contributed by atoms with E-state index in [1.165, 1.54) is 11.1 Å². The minimum Gasteiger partial charge on any atom is -0.489 e. The summed E-state index contributed by atoms with van der Waals surface area (Å²) < 4.78 is 5.86. The number of fused-ring (bicyclic) bond motifs is 1. The van der Waals surface area contributed by atoms with Gasteiger partial charge in [0.25, 0.3) is 0 Å². The zero-order valence-corrected chi connectivity index (χ0v) is 12.1. The molecule has 1 unspecified atom stereocenters. The van der Waals surface area contributed by atoms with E-state index in [1.807, 2.05) is 37.4 Å². The highest BCUT2D eigenvalue weighted by molar-refractivity contribution is 5.41. The lowest BCUT2D eigenvalue weighted by atomic mass is 10.1. The molecule has 2 aromatic carbocycles. The summed E-state index contributed by atoms with van der Waals surface area (Å²) in [5, 5.41) is 12.1. The summed E-state index contributed by atoms with van der Waals surface area (Å²) >= 11 is 0. The summed E-state index contributed by atoms with van der Waals surface area (Å²) in [6, 6.07) is 16.5. The van der Waals surface area contributed by atoms with Crippen LogP contribution in [0.1, 0.15) is 34.7 Å². The van der Waals surface area contributed by atoms with Crippen LogP contribution in [-0.4, -0.2) is 7.05 Å². The SMILES string of the molecule is CNC1CCc2cc(OCc3ccc(C#N)cc3)ccc21. The molecule has 1 aliphatic rings. The normalized spacial score (nSPS) is 16.3. The van der Waals surface area contributed by atoms with Crippen molar-refractivity contribution in [3.05, 3.63) is 64.7 Å². The van der Waals surface area contributed by atoms with Gasteiger partial charge in [-0.2, -0.15) is 5.26 Å². The number of ether oxygens (including phenoxy) is 1. The third-order valence-electron chi connectivity index (χ3n) is 4.03. The molecule has 0 amide bonds. The van der Waals surface area contributed by atoms with E-state index < -0.39 is 0 Å². The first kappa shape index (κ1) is 13.7. The molecule has 1 atom stereocenters. The molecule has 0 aromatic heterocycles. The summed E-state index contributed by atoms with van der Waals surface area (Å²) in [7, 11) is 2.01. The number of nitrogens with zero attached hydrogens (tertiary/aromatic N) is 1. The van der Waals surface area contributed by atoms with Crippen molar-refractivity contribution < 1.29 is 4.74 Å². The van der Waals surface area contributed by atoms with Gasteiger partial charge in [0.15, 0.2) is 0 Å². The van der Waals surface area contributed by atoms with E-state index in [2.05, 4.69) is 23.5 Å². The molecule has 106 valence electrons. The van der Waals surface area contributed by atoms with Crippen LogP contribution in [0.5, 0.6) is 5.75 Å². The zero-order chi connectivity index (χ0) is 14.7. The standard InChI is InChI=1S/C18H18N2O/c1-20-18-9-6-15-10-16(7-8-17(15)18)21-12-14-4-2-13(11-19)3-5-14/h2-5,7-8,10,18,20H,6,9,12H2,1H3. The zero-order valence-electron chi connectivity index (χ0n) is 12.1. The van der Waals surface area contributed by atoms with Crippen LogP contribution in [0.2, 0.25) is 0 Å². The molecule has 0 spiro atoms. The summed E-state index contributed by atoms with van der Waals surface area (Å²) in [5.41, 5.74) is 4.52. The highest BCUT2D eigenvalue weighted by Crippen LogP contribution is 2.33. The summed E-state index contributed by atoms with van der Waals surface area (Å²) in [4.78, 5) is 0. The second-order valence-electron chi connectivity index (χ2n) is 5.34. The van der Waals surface area contributed by atoms with Crippen molar-refractivity contribution in [1.82, 2.24) is 5.32 Å². The maximum atomic E-state index is 8.78. The molecular formula is C18H18N2O. The highest BCUT2D eigenvalue weighted by atomic mass is 16.5. The molecule has 0 bridgehead atoms. The van der Waals surface area contributed by atoms with E-state index in [1.54, 1.807) is 0 Å². The third kappa shape index (κ3) is 2.91. The summed E-state index contributed by atoms with van der Waals surface area (Å²) in [5.74, 6) is 0.912. The van der Waals surface area contributed by atoms with Gasteiger partial charge in [0.1, 0.15) is 12.4 Å². The molecule has 0 aliphatic heterocycles. The van der Waals surface area contributed by atoms with Crippen molar-refractivity contribution >= 4 is 0 Å². The van der Waals surface area contributed by atoms with Crippen LogP contribution in [0.15, 0.2) is 42.5 Å². The van der Waals surface area contributed by atoms with Gasteiger partial charge >= 0.3 is 0 Å². The lowest BCUT2D eigenvalue weighted by Gasteiger charge is -2.11. The Morgan fingerprint density at radius 2 is 2.05 bits per heavy atom. The van der Waals surface area contributed by atoms with Crippen LogP contribution >= 0.6 is 0 Å². The molecule has 21 heavy (non-hydrogen) atoms. The van der Waals surface area contributed by atoms with E-state index in [4.69, 9.17) is 10.00 Å².